The van der Waals surface area contributed by atoms with E-state index in [4.69, 9.17) is 16.6 Å². The first kappa shape index (κ1) is 36.4. The minimum atomic E-state index is -0.622. The number of benzene rings is 2. The zero-order valence-corrected chi connectivity index (χ0v) is 32.7. The number of aryl methyl sites for hydroxylation is 1. The molecule has 5 aliphatic heterocycles. The highest BCUT2D eigenvalue weighted by Crippen LogP contribution is 2.51. The number of carbonyl (C=O) groups is 3. The number of aromatic nitrogens is 5. The molecule has 9 rings (SSSR count). The molecule has 2 aromatic heterocycles. The number of rotatable bonds is 7. The zero-order valence-electron chi connectivity index (χ0n) is 31.2. The van der Waals surface area contributed by atoms with Crippen LogP contribution < -0.4 is 10.6 Å². The normalized spacial score (nSPS) is 22.6. The summed E-state index contributed by atoms with van der Waals surface area (Å²) in [5, 5.41) is 20.2. The highest BCUT2D eigenvalue weighted by Gasteiger charge is 2.42. The molecule has 2 N–H and O–H groups in total. The topological polar surface area (TPSA) is 143 Å². The van der Waals surface area contributed by atoms with E-state index in [1.54, 1.807) is 16.7 Å². The summed E-state index contributed by atoms with van der Waals surface area (Å²) >= 11 is 7.98. The number of fused-ring (bicyclic) bond motifs is 4. The minimum absolute atomic E-state index is 0.0244. The second-order valence-corrected chi connectivity index (χ2v) is 16.5. The summed E-state index contributed by atoms with van der Waals surface area (Å²) < 4.78 is 4.18. The van der Waals surface area contributed by atoms with Crippen molar-refractivity contribution in [3.8, 4) is 11.8 Å². The molecule has 3 amide bonds. The molecular formula is C41H41ClN10O3S. The molecule has 7 heterocycles. The van der Waals surface area contributed by atoms with Crippen LogP contribution in [-0.2, 0) is 29.2 Å². The molecule has 0 spiro atoms. The Kier molecular flexibility index (Phi) is 9.77. The van der Waals surface area contributed by atoms with Crippen LogP contribution in [0.25, 0.3) is 0 Å². The van der Waals surface area contributed by atoms with Gasteiger partial charge in [-0.25, -0.2) is 0 Å². The molecule has 3 unspecified atom stereocenters. The number of likely N-dealkylation sites (tertiary alicyclic amines) is 1. The van der Waals surface area contributed by atoms with E-state index in [9.17, 15) is 14.4 Å². The lowest BCUT2D eigenvalue weighted by atomic mass is 9.89. The van der Waals surface area contributed by atoms with Gasteiger partial charge in [0.2, 0.25) is 11.8 Å². The summed E-state index contributed by atoms with van der Waals surface area (Å²) in [6.45, 7) is 8.53. The van der Waals surface area contributed by atoms with E-state index >= 15 is 0 Å². The molecule has 0 bridgehead atoms. The number of piperidine rings is 2. The van der Waals surface area contributed by atoms with Crippen LogP contribution in [0.3, 0.4) is 0 Å². The number of thioether (sulfide) groups is 1. The van der Waals surface area contributed by atoms with E-state index in [0.29, 0.717) is 30.1 Å². The van der Waals surface area contributed by atoms with Gasteiger partial charge in [-0.1, -0.05) is 53.4 Å². The average Bonchev–Trinajstić information content (AvgIpc) is 3.94. The third-order valence-electron chi connectivity index (χ3n) is 11.5. The Morgan fingerprint density at radius 3 is 2.62 bits per heavy atom. The van der Waals surface area contributed by atoms with Crippen LogP contribution in [0.2, 0.25) is 5.02 Å². The molecule has 5 aliphatic rings. The predicted octanol–water partition coefficient (Wildman–Crippen LogP) is 4.96. The molecule has 13 nitrogen and oxygen atoms in total. The van der Waals surface area contributed by atoms with Gasteiger partial charge in [0.25, 0.3) is 5.91 Å². The molecule has 0 saturated carbocycles. The van der Waals surface area contributed by atoms with Crippen LogP contribution >= 0.6 is 23.4 Å². The van der Waals surface area contributed by atoms with E-state index in [0.717, 1.165) is 83.7 Å². The lowest BCUT2D eigenvalue weighted by Gasteiger charge is -2.33. The summed E-state index contributed by atoms with van der Waals surface area (Å²) in [5.74, 6) is 7.77. The number of halogens is 1. The standard InChI is InChI=1S/C41H41ClN10O3S/c1-24-34(56-41-37(24)38(27-7-9-28(42)10-8-27)43-21-35-48-47-25(2)52(35)41)12-6-26-20-44-50(22-26)19-18-49-16-14-29(15-17-49)45-32-5-3-4-30-31(32)23-51(40(30)55)33-11-13-36(53)46-39(33)54/h3-5,7-10,20,22,29,33,37,41,45H,11,13-19,21,23H2,1-2H3,(H,46,53,54). The van der Waals surface area contributed by atoms with Gasteiger partial charge < -0.3 is 15.1 Å². The number of anilines is 1. The van der Waals surface area contributed by atoms with Crippen LogP contribution in [-0.4, -0.2) is 89.5 Å². The Balaban J connectivity index is 0.806. The van der Waals surface area contributed by atoms with Crippen molar-refractivity contribution in [2.24, 2.45) is 10.9 Å². The Hall–Kier alpha value is -5.23. The van der Waals surface area contributed by atoms with E-state index < -0.39 is 11.9 Å². The molecular weight excluding hydrogens is 748 g/mol. The lowest BCUT2D eigenvalue weighted by Crippen LogP contribution is -2.52. The van der Waals surface area contributed by atoms with Gasteiger partial charge in [0, 0.05) is 66.7 Å². The van der Waals surface area contributed by atoms with Crippen molar-refractivity contribution >= 4 is 52.5 Å². The SMILES string of the molecule is CC1=C(C#Cc2cnn(CCN3CCC(Nc4cccc5c4CN(C4CCC(=O)NC4=O)C5=O)CC3)c2)SC2C1C(c1ccc(Cl)cc1)=NCc1nnc(C)n12. The largest absolute Gasteiger partial charge is 0.382 e. The van der Waals surface area contributed by atoms with Crippen molar-refractivity contribution in [3.05, 3.63) is 104 Å². The quantitative estimate of drug-likeness (QED) is 0.196. The minimum Gasteiger partial charge on any atom is -0.382 e. The van der Waals surface area contributed by atoms with E-state index in [2.05, 4.69) is 54.2 Å². The smallest absolute Gasteiger partial charge is 0.255 e. The van der Waals surface area contributed by atoms with Gasteiger partial charge in [-0.05, 0) is 68.5 Å². The van der Waals surface area contributed by atoms with Gasteiger partial charge in [0.15, 0.2) is 5.82 Å². The summed E-state index contributed by atoms with van der Waals surface area (Å²) in [6, 6.07) is 13.3. The Morgan fingerprint density at radius 1 is 1.00 bits per heavy atom. The third kappa shape index (κ3) is 6.93. The molecule has 4 aromatic rings. The number of hydrogen-bond donors (Lipinski definition) is 2. The highest BCUT2D eigenvalue weighted by molar-refractivity contribution is 8.03. The third-order valence-corrected chi connectivity index (χ3v) is 13.1. The zero-order chi connectivity index (χ0) is 38.5. The molecule has 3 atom stereocenters. The average molecular weight is 789 g/mol. The molecule has 15 heteroatoms. The van der Waals surface area contributed by atoms with Gasteiger partial charge in [-0.3, -0.25) is 33.9 Å². The molecule has 0 radical (unpaired) electrons. The van der Waals surface area contributed by atoms with Crippen molar-refractivity contribution in [2.75, 3.05) is 25.0 Å². The van der Waals surface area contributed by atoms with Crippen molar-refractivity contribution in [1.29, 1.82) is 0 Å². The van der Waals surface area contributed by atoms with Gasteiger partial charge in [0.05, 0.1) is 46.8 Å². The Morgan fingerprint density at radius 2 is 1.82 bits per heavy atom. The monoisotopic (exact) mass is 788 g/mol. The molecule has 2 fully saturated rings. The number of amides is 3. The summed E-state index contributed by atoms with van der Waals surface area (Å²) in [4.78, 5) is 47.6. The van der Waals surface area contributed by atoms with Crippen molar-refractivity contribution < 1.29 is 14.4 Å². The molecule has 286 valence electrons. The maximum absolute atomic E-state index is 13.3. The fourth-order valence-electron chi connectivity index (χ4n) is 8.47. The fraction of sp³-hybridized carbons (Fsp3) is 0.390. The number of imide groups is 1. The van der Waals surface area contributed by atoms with Crippen LogP contribution in [0.5, 0.6) is 0 Å². The summed E-state index contributed by atoms with van der Waals surface area (Å²) in [7, 11) is 0. The number of nitrogens with zero attached hydrogens (tertiary/aromatic N) is 8. The van der Waals surface area contributed by atoms with E-state index in [1.165, 1.54) is 5.57 Å². The number of aliphatic imine (C=N–C) groups is 1. The Bertz CT molecular complexity index is 2360. The number of allylic oxidation sites excluding steroid dienone is 2. The van der Waals surface area contributed by atoms with Gasteiger partial charge >= 0.3 is 0 Å². The molecule has 2 aromatic carbocycles. The van der Waals surface area contributed by atoms with Crippen LogP contribution in [0, 0.1) is 24.7 Å². The van der Waals surface area contributed by atoms with Gasteiger partial charge in [-0.15, -0.1) is 10.2 Å². The second kappa shape index (κ2) is 15.0. The molecule has 0 aliphatic carbocycles. The summed E-state index contributed by atoms with van der Waals surface area (Å²) in [6.07, 6.45) is 6.39. The number of hydrogen-bond acceptors (Lipinski definition) is 10. The predicted molar refractivity (Wildman–Crippen MR) is 214 cm³/mol. The molecule has 56 heavy (non-hydrogen) atoms. The maximum atomic E-state index is 13.3. The van der Waals surface area contributed by atoms with Crippen molar-refractivity contribution in [1.82, 2.24) is 39.7 Å². The van der Waals surface area contributed by atoms with Crippen LogP contribution in [0.4, 0.5) is 5.69 Å². The maximum Gasteiger partial charge on any atom is 0.255 e. The first-order chi connectivity index (χ1) is 27.2. The second-order valence-electron chi connectivity index (χ2n) is 15.0. The number of carbonyl (C=O) groups excluding carboxylic acids is 3. The number of nitrogens with one attached hydrogen (secondary N) is 2. The first-order valence-corrected chi connectivity index (χ1v) is 20.3. The van der Waals surface area contributed by atoms with Gasteiger partial charge in [0.1, 0.15) is 11.9 Å². The van der Waals surface area contributed by atoms with Gasteiger partial charge in [-0.2, -0.15) is 5.10 Å². The van der Waals surface area contributed by atoms with E-state index in [-0.39, 0.29) is 35.6 Å². The van der Waals surface area contributed by atoms with Crippen LogP contribution in [0.15, 0.2) is 70.3 Å². The fourth-order valence-corrected chi connectivity index (χ4v) is 10.1. The highest BCUT2D eigenvalue weighted by atomic mass is 35.5. The lowest BCUT2D eigenvalue weighted by molar-refractivity contribution is -0.136. The van der Waals surface area contributed by atoms with E-state index in [1.807, 2.05) is 66.5 Å². The Labute approximate surface area is 334 Å². The molecule has 2 saturated heterocycles. The summed E-state index contributed by atoms with van der Waals surface area (Å²) in [5.41, 5.74) is 6.62. The van der Waals surface area contributed by atoms with Crippen LogP contribution in [0.1, 0.15) is 76.7 Å². The van der Waals surface area contributed by atoms with Crippen molar-refractivity contribution in [2.45, 2.75) is 76.6 Å². The van der Waals surface area contributed by atoms with Crippen molar-refractivity contribution in [3.63, 3.8) is 0 Å². The first-order valence-electron chi connectivity index (χ1n) is 19.1.